The molecule has 4 heteroatoms. The van der Waals surface area contributed by atoms with Gasteiger partial charge in [-0.05, 0) is 19.3 Å². The maximum absolute atomic E-state index is 12.1. The first-order valence-corrected chi connectivity index (χ1v) is 14.0. The van der Waals surface area contributed by atoms with Crippen LogP contribution in [0, 0.1) is 0 Å². The van der Waals surface area contributed by atoms with Crippen molar-refractivity contribution in [1.29, 1.82) is 0 Å². The van der Waals surface area contributed by atoms with Crippen molar-refractivity contribution in [3.8, 4) is 0 Å². The predicted octanol–water partition coefficient (Wildman–Crippen LogP) is 8.99. The van der Waals surface area contributed by atoms with E-state index in [2.05, 4.69) is 13.8 Å². The lowest BCUT2D eigenvalue weighted by Crippen LogP contribution is -2.21. The number of hydrogen-bond donors (Lipinski definition) is 1. The first-order valence-electron chi connectivity index (χ1n) is 14.0. The summed E-state index contributed by atoms with van der Waals surface area (Å²) in [5.74, 6) is -1.10. The molecule has 0 rings (SSSR count). The summed E-state index contributed by atoms with van der Waals surface area (Å²) in [5, 5.41) is 9.13. The van der Waals surface area contributed by atoms with Crippen molar-refractivity contribution >= 4 is 11.9 Å². The van der Waals surface area contributed by atoms with E-state index in [0.29, 0.717) is 12.8 Å². The van der Waals surface area contributed by atoms with Gasteiger partial charge in [-0.3, -0.25) is 9.59 Å². The lowest BCUT2D eigenvalue weighted by molar-refractivity contribution is -0.153. The molecule has 1 atom stereocenters. The van der Waals surface area contributed by atoms with Gasteiger partial charge in [0.2, 0.25) is 0 Å². The van der Waals surface area contributed by atoms with Crippen molar-refractivity contribution < 1.29 is 19.4 Å². The Balaban J connectivity index is 3.72. The first kappa shape index (κ1) is 30.9. The van der Waals surface area contributed by atoms with E-state index in [4.69, 9.17) is 9.84 Å². The largest absolute Gasteiger partial charge is 0.481 e. The Morgan fingerprint density at radius 1 is 0.594 bits per heavy atom. The van der Waals surface area contributed by atoms with E-state index in [9.17, 15) is 9.59 Å². The molecular weight excluding hydrogens is 400 g/mol. The maximum Gasteiger partial charge on any atom is 0.307 e. The van der Waals surface area contributed by atoms with Gasteiger partial charge in [-0.1, -0.05) is 129 Å². The summed E-state index contributed by atoms with van der Waals surface area (Å²) in [7, 11) is 0. The molecule has 0 amide bonds. The molecule has 0 aliphatic carbocycles. The summed E-state index contributed by atoms with van der Waals surface area (Å²) in [6.45, 7) is 4.48. The Hall–Kier alpha value is -1.06. The summed E-state index contributed by atoms with van der Waals surface area (Å²) in [5.41, 5.74) is 0. The molecule has 190 valence electrons. The molecule has 0 unspecified atom stereocenters. The SMILES string of the molecule is CCCCCCCCCCCCC[C@H](CC(=O)O)OC(=O)CCCCCCCCCCC. The van der Waals surface area contributed by atoms with Gasteiger partial charge in [0.25, 0.3) is 0 Å². The standard InChI is InChI=1S/C28H54O4/c1-3-5-7-9-11-13-14-16-17-19-21-23-26(25-27(29)30)32-28(31)24-22-20-18-15-12-10-8-6-4-2/h26H,3-25H2,1-2H3,(H,29,30)/t26-/m1/s1. The molecule has 0 heterocycles. The molecule has 0 aromatic rings. The molecule has 4 nitrogen and oxygen atoms in total. The van der Waals surface area contributed by atoms with Crippen LogP contribution in [0.4, 0.5) is 0 Å². The van der Waals surface area contributed by atoms with E-state index in [-0.39, 0.29) is 12.4 Å². The van der Waals surface area contributed by atoms with E-state index in [1.807, 2.05) is 0 Å². The van der Waals surface area contributed by atoms with Crippen LogP contribution < -0.4 is 0 Å². The zero-order valence-electron chi connectivity index (χ0n) is 21.5. The van der Waals surface area contributed by atoms with Crippen LogP contribution in [-0.2, 0) is 14.3 Å². The van der Waals surface area contributed by atoms with Crippen molar-refractivity contribution in [2.24, 2.45) is 0 Å². The van der Waals surface area contributed by atoms with E-state index in [1.54, 1.807) is 0 Å². The fourth-order valence-electron chi connectivity index (χ4n) is 4.26. The van der Waals surface area contributed by atoms with Crippen LogP contribution in [0.5, 0.6) is 0 Å². The second kappa shape index (κ2) is 24.6. The molecule has 32 heavy (non-hydrogen) atoms. The van der Waals surface area contributed by atoms with Crippen molar-refractivity contribution in [2.75, 3.05) is 0 Å². The number of hydrogen-bond acceptors (Lipinski definition) is 3. The number of esters is 1. The van der Waals surface area contributed by atoms with Gasteiger partial charge in [-0.25, -0.2) is 0 Å². The third-order valence-electron chi connectivity index (χ3n) is 6.31. The van der Waals surface area contributed by atoms with Crippen LogP contribution >= 0.6 is 0 Å². The number of carbonyl (C=O) groups excluding carboxylic acids is 1. The number of aliphatic carboxylic acids is 1. The summed E-state index contributed by atoms with van der Waals surface area (Å²) >= 11 is 0. The fraction of sp³-hybridized carbons (Fsp3) is 0.929. The van der Waals surface area contributed by atoms with Crippen molar-refractivity contribution in [2.45, 2.75) is 168 Å². The van der Waals surface area contributed by atoms with Crippen LogP contribution in [-0.4, -0.2) is 23.1 Å². The molecule has 0 aromatic heterocycles. The Kier molecular flexibility index (Phi) is 23.8. The van der Waals surface area contributed by atoms with Crippen LogP contribution in [0.2, 0.25) is 0 Å². The molecular formula is C28H54O4. The normalized spacial score (nSPS) is 12.1. The van der Waals surface area contributed by atoms with Gasteiger partial charge in [-0.2, -0.15) is 0 Å². The fourth-order valence-corrected chi connectivity index (χ4v) is 4.26. The Morgan fingerprint density at radius 2 is 0.969 bits per heavy atom. The molecule has 0 aliphatic rings. The van der Waals surface area contributed by atoms with Gasteiger partial charge >= 0.3 is 11.9 Å². The third-order valence-corrected chi connectivity index (χ3v) is 6.31. The molecule has 0 aromatic carbocycles. The minimum Gasteiger partial charge on any atom is -0.481 e. The topological polar surface area (TPSA) is 63.6 Å². The molecule has 0 saturated heterocycles. The Labute approximate surface area is 199 Å². The van der Waals surface area contributed by atoms with E-state index < -0.39 is 12.1 Å². The smallest absolute Gasteiger partial charge is 0.307 e. The molecule has 0 radical (unpaired) electrons. The highest BCUT2D eigenvalue weighted by molar-refractivity contribution is 5.71. The van der Waals surface area contributed by atoms with Crippen LogP contribution in [0.1, 0.15) is 162 Å². The van der Waals surface area contributed by atoms with Crippen molar-refractivity contribution in [3.63, 3.8) is 0 Å². The van der Waals surface area contributed by atoms with Crippen molar-refractivity contribution in [3.05, 3.63) is 0 Å². The number of carboxylic acid groups (broad SMARTS) is 1. The second-order valence-corrected chi connectivity index (χ2v) is 9.61. The Bertz CT molecular complexity index is 422. The summed E-state index contributed by atoms with van der Waals surface area (Å²) < 4.78 is 5.51. The first-order chi connectivity index (χ1) is 15.6. The highest BCUT2D eigenvalue weighted by Gasteiger charge is 2.17. The molecule has 0 spiro atoms. The maximum atomic E-state index is 12.1. The van der Waals surface area contributed by atoms with E-state index >= 15 is 0 Å². The number of unbranched alkanes of at least 4 members (excludes halogenated alkanes) is 18. The number of ether oxygens (including phenoxy) is 1. The highest BCUT2D eigenvalue weighted by Crippen LogP contribution is 2.16. The molecule has 0 bridgehead atoms. The van der Waals surface area contributed by atoms with Crippen LogP contribution in [0.25, 0.3) is 0 Å². The van der Waals surface area contributed by atoms with Crippen LogP contribution in [0.15, 0.2) is 0 Å². The number of carboxylic acids is 1. The summed E-state index contributed by atoms with van der Waals surface area (Å²) in [4.78, 5) is 23.3. The van der Waals surface area contributed by atoms with Gasteiger partial charge in [0, 0.05) is 6.42 Å². The molecule has 0 aliphatic heterocycles. The molecule has 0 fully saturated rings. The van der Waals surface area contributed by atoms with E-state index in [0.717, 1.165) is 25.7 Å². The number of carbonyl (C=O) groups is 2. The van der Waals surface area contributed by atoms with Gasteiger partial charge < -0.3 is 9.84 Å². The predicted molar refractivity (Wildman–Crippen MR) is 135 cm³/mol. The van der Waals surface area contributed by atoms with Gasteiger partial charge in [0.15, 0.2) is 0 Å². The Morgan fingerprint density at radius 3 is 1.38 bits per heavy atom. The van der Waals surface area contributed by atoms with Crippen molar-refractivity contribution in [1.82, 2.24) is 0 Å². The highest BCUT2D eigenvalue weighted by atomic mass is 16.5. The lowest BCUT2D eigenvalue weighted by atomic mass is 10.0. The zero-order chi connectivity index (χ0) is 23.7. The third kappa shape index (κ3) is 23.6. The van der Waals surface area contributed by atoms with Crippen LogP contribution in [0.3, 0.4) is 0 Å². The number of rotatable bonds is 25. The molecule has 1 N–H and O–H groups in total. The van der Waals surface area contributed by atoms with E-state index in [1.165, 1.54) is 103 Å². The zero-order valence-corrected chi connectivity index (χ0v) is 21.5. The summed E-state index contributed by atoms with van der Waals surface area (Å²) in [6.07, 6.45) is 25.4. The minimum atomic E-state index is -0.881. The summed E-state index contributed by atoms with van der Waals surface area (Å²) in [6, 6.07) is 0. The van der Waals surface area contributed by atoms with Gasteiger partial charge in [0.05, 0.1) is 6.42 Å². The second-order valence-electron chi connectivity index (χ2n) is 9.61. The monoisotopic (exact) mass is 454 g/mol. The van der Waals surface area contributed by atoms with Gasteiger partial charge in [-0.15, -0.1) is 0 Å². The van der Waals surface area contributed by atoms with Gasteiger partial charge in [0.1, 0.15) is 6.10 Å². The minimum absolute atomic E-state index is 0.0682. The average molecular weight is 455 g/mol. The quantitative estimate of drug-likeness (QED) is 0.110. The molecule has 0 saturated carbocycles. The lowest BCUT2D eigenvalue weighted by Gasteiger charge is -2.16. The average Bonchev–Trinajstić information content (AvgIpc) is 2.75.